The van der Waals surface area contributed by atoms with Crippen molar-refractivity contribution in [3.8, 4) is 17.6 Å². The molecule has 0 saturated heterocycles. The number of rotatable bonds is 9. The van der Waals surface area contributed by atoms with E-state index in [-0.39, 0.29) is 17.8 Å². The summed E-state index contributed by atoms with van der Waals surface area (Å²) in [6, 6.07) is 13.1. The Bertz CT molecular complexity index is 1380. The Morgan fingerprint density at radius 1 is 1.10 bits per heavy atom. The number of hydrogen-bond acceptors (Lipinski definition) is 7. The van der Waals surface area contributed by atoms with Crippen LogP contribution in [-0.2, 0) is 16.1 Å². The number of halogens is 2. The van der Waals surface area contributed by atoms with Gasteiger partial charge in [-0.15, -0.1) is 0 Å². The molecule has 2 N–H and O–H groups in total. The summed E-state index contributed by atoms with van der Waals surface area (Å²) in [6.07, 6.45) is 1.05. The molecule has 1 heterocycles. The second-order valence-corrected chi connectivity index (χ2v) is 11.3. The minimum atomic E-state index is -0.601. The van der Waals surface area contributed by atoms with E-state index in [9.17, 15) is 10.1 Å². The molecule has 39 heavy (non-hydrogen) atoms. The van der Waals surface area contributed by atoms with E-state index >= 15 is 0 Å². The van der Waals surface area contributed by atoms with Gasteiger partial charge in [0, 0.05) is 31.3 Å². The van der Waals surface area contributed by atoms with Crippen LogP contribution in [-0.4, -0.2) is 37.6 Å². The Balaban J connectivity index is 1.76. The van der Waals surface area contributed by atoms with Gasteiger partial charge in [0.1, 0.15) is 12.4 Å². The Hall–Kier alpha value is -3.18. The molecule has 206 valence electrons. The van der Waals surface area contributed by atoms with Crippen molar-refractivity contribution in [3.63, 3.8) is 0 Å². The van der Waals surface area contributed by atoms with Crippen LogP contribution in [0.25, 0.3) is 0 Å². The molecule has 0 saturated carbocycles. The molecule has 0 radical (unpaired) electrons. The first-order valence-electron chi connectivity index (χ1n) is 12.9. The Labute approximate surface area is 239 Å². The number of allylic oxidation sites excluding steroid dienone is 3. The standard InChI is InChI=1S/C30H33Cl2N3O4/c1-5-38-26-13-19(7-9-25(26)39-17-18-6-8-21(31)22(32)12-18)27-20(16-33)29(34)35(10-11-37-4)23-14-30(2,3)15-24(36)28(23)27/h6-9,12-13,27H,5,10-11,14-15,17,34H2,1-4H3/t27-/m1/s1. The van der Waals surface area contributed by atoms with Crippen molar-refractivity contribution >= 4 is 29.0 Å². The molecule has 4 rings (SSSR count). The minimum absolute atomic E-state index is 0.0202. The number of nitrogens with zero attached hydrogens (tertiary/aromatic N) is 2. The molecule has 7 nitrogen and oxygen atoms in total. The number of nitriles is 1. The maximum Gasteiger partial charge on any atom is 0.162 e. The highest BCUT2D eigenvalue weighted by Gasteiger charge is 2.44. The fraction of sp³-hybridized carbons (Fsp3) is 0.400. The normalized spacial score (nSPS) is 18.6. The van der Waals surface area contributed by atoms with Gasteiger partial charge in [-0.05, 0) is 54.2 Å². The molecular weight excluding hydrogens is 537 g/mol. The third-order valence-electron chi connectivity index (χ3n) is 6.99. The summed E-state index contributed by atoms with van der Waals surface area (Å²) in [6.45, 7) is 7.56. The van der Waals surface area contributed by atoms with Gasteiger partial charge in [0.05, 0.1) is 40.8 Å². The molecule has 1 aliphatic heterocycles. The smallest absolute Gasteiger partial charge is 0.162 e. The number of ether oxygens (including phenoxy) is 3. The highest BCUT2D eigenvalue weighted by molar-refractivity contribution is 6.42. The molecule has 9 heteroatoms. The van der Waals surface area contributed by atoms with Gasteiger partial charge in [-0.3, -0.25) is 4.79 Å². The number of ketones is 1. The molecule has 1 atom stereocenters. The van der Waals surface area contributed by atoms with Crippen molar-refractivity contribution in [2.75, 3.05) is 26.9 Å². The van der Waals surface area contributed by atoms with Crippen molar-refractivity contribution in [3.05, 3.63) is 80.2 Å². The summed E-state index contributed by atoms with van der Waals surface area (Å²) >= 11 is 12.2. The Morgan fingerprint density at radius 2 is 1.87 bits per heavy atom. The lowest BCUT2D eigenvalue weighted by Gasteiger charge is -2.43. The predicted molar refractivity (Wildman–Crippen MR) is 152 cm³/mol. The average molecular weight is 571 g/mol. The van der Waals surface area contributed by atoms with E-state index in [4.69, 9.17) is 43.1 Å². The van der Waals surface area contributed by atoms with E-state index in [1.54, 1.807) is 25.3 Å². The van der Waals surface area contributed by atoms with Crippen LogP contribution >= 0.6 is 23.2 Å². The number of benzene rings is 2. The van der Waals surface area contributed by atoms with Gasteiger partial charge in [0.25, 0.3) is 0 Å². The zero-order chi connectivity index (χ0) is 28.3. The summed E-state index contributed by atoms with van der Waals surface area (Å²) < 4.78 is 17.3. The highest BCUT2D eigenvalue weighted by Crippen LogP contribution is 2.49. The molecule has 0 bridgehead atoms. The molecular formula is C30H33Cl2N3O4. The van der Waals surface area contributed by atoms with Crippen molar-refractivity contribution in [2.24, 2.45) is 11.1 Å². The number of hydrogen-bond donors (Lipinski definition) is 1. The van der Waals surface area contributed by atoms with Crippen molar-refractivity contribution in [1.82, 2.24) is 4.90 Å². The van der Waals surface area contributed by atoms with Crippen molar-refractivity contribution in [1.29, 1.82) is 5.26 Å². The lowest BCUT2D eigenvalue weighted by molar-refractivity contribution is -0.118. The summed E-state index contributed by atoms with van der Waals surface area (Å²) in [7, 11) is 1.61. The highest BCUT2D eigenvalue weighted by atomic mass is 35.5. The topological polar surface area (TPSA) is 97.8 Å². The first-order chi connectivity index (χ1) is 18.6. The van der Waals surface area contributed by atoms with E-state index in [1.165, 1.54) is 0 Å². The van der Waals surface area contributed by atoms with E-state index in [0.717, 1.165) is 16.8 Å². The Morgan fingerprint density at radius 3 is 2.54 bits per heavy atom. The largest absolute Gasteiger partial charge is 0.490 e. The average Bonchev–Trinajstić information content (AvgIpc) is 2.88. The van der Waals surface area contributed by atoms with Crippen LogP contribution in [0.1, 0.15) is 50.7 Å². The van der Waals surface area contributed by atoms with Gasteiger partial charge >= 0.3 is 0 Å². The molecule has 0 spiro atoms. The van der Waals surface area contributed by atoms with Gasteiger partial charge in [-0.1, -0.05) is 49.2 Å². The summed E-state index contributed by atoms with van der Waals surface area (Å²) in [5, 5.41) is 11.2. The van der Waals surface area contributed by atoms with Gasteiger partial charge < -0.3 is 24.8 Å². The second kappa shape index (κ2) is 11.9. The monoisotopic (exact) mass is 569 g/mol. The van der Waals surface area contributed by atoms with Gasteiger partial charge in [-0.25, -0.2) is 0 Å². The van der Waals surface area contributed by atoms with E-state index in [2.05, 4.69) is 19.9 Å². The molecule has 1 aliphatic carbocycles. The number of carbonyl (C=O) groups is 1. The third kappa shape index (κ3) is 6.04. The molecule has 2 aliphatic rings. The van der Waals surface area contributed by atoms with Crippen LogP contribution in [0.2, 0.25) is 10.0 Å². The van der Waals surface area contributed by atoms with Gasteiger partial charge in [-0.2, -0.15) is 5.26 Å². The summed E-state index contributed by atoms with van der Waals surface area (Å²) in [5.41, 5.74) is 9.79. The van der Waals surface area contributed by atoms with Crippen molar-refractivity contribution < 1.29 is 19.0 Å². The predicted octanol–water partition coefficient (Wildman–Crippen LogP) is 6.35. The van der Waals surface area contributed by atoms with Crippen LogP contribution < -0.4 is 15.2 Å². The molecule has 0 amide bonds. The zero-order valence-corrected chi connectivity index (χ0v) is 24.2. The van der Waals surface area contributed by atoms with E-state index < -0.39 is 5.92 Å². The zero-order valence-electron chi connectivity index (χ0n) is 22.6. The molecule has 0 fully saturated rings. The van der Waals surface area contributed by atoms with Crippen molar-refractivity contribution in [2.45, 2.75) is 46.1 Å². The molecule has 0 unspecified atom stereocenters. The summed E-state index contributed by atoms with van der Waals surface area (Å²) in [5.74, 6) is 0.813. The van der Waals surface area contributed by atoms with Crippen LogP contribution in [0.5, 0.6) is 11.5 Å². The number of carbonyl (C=O) groups excluding carboxylic acids is 1. The fourth-order valence-corrected chi connectivity index (χ4v) is 5.55. The first-order valence-corrected chi connectivity index (χ1v) is 13.6. The SMILES string of the molecule is CCOc1cc([C@@H]2C(C#N)=C(N)N(CCOC)C3=C2C(=O)CC(C)(C)C3)ccc1OCc1ccc(Cl)c(Cl)c1. The van der Waals surface area contributed by atoms with E-state index in [0.29, 0.717) is 71.1 Å². The third-order valence-corrected chi connectivity index (χ3v) is 7.72. The minimum Gasteiger partial charge on any atom is -0.490 e. The van der Waals surface area contributed by atoms with Gasteiger partial charge in [0.2, 0.25) is 0 Å². The number of methoxy groups -OCH3 is 1. The van der Waals surface area contributed by atoms with Crippen LogP contribution in [0.3, 0.4) is 0 Å². The first kappa shape index (κ1) is 28.8. The van der Waals surface area contributed by atoms with Crippen LogP contribution in [0.15, 0.2) is 59.1 Å². The molecule has 2 aromatic rings. The van der Waals surface area contributed by atoms with E-state index in [1.807, 2.05) is 30.0 Å². The quantitative estimate of drug-likeness (QED) is 0.375. The number of nitrogens with two attached hydrogens (primary N) is 1. The molecule has 2 aromatic carbocycles. The number of Topliss-reactive ketones (excluding diaryl/α,β-unsaturated/α-hetero) is 1. The maximum absolute atomic E-state index is 13.6. The fourth-order valence-electron chi connectivity index (χ4n) is 5.23. The Kier molecular flexibility index (Phi) is 8.80. The maximum atomic E-state index is 13.6. The summed E-state index contributed by atoms with van der Waals surface area (Å²) in [4.78, 5) is 15.5. The van der Waals surface area contributed by atoms with Crippen LogP contribution in [0, 0.1) is 16.7 Å². The van der Waals surface area contributed by atoms with Crippen LogP contribution in [0.4, 0.5) is 0 Å². The second-order valence-electron chi connectivity index (χ2n) is 10.5. The lowest BCUT2D eigenvalue weighted by Crippen LogP contribution is -2.43. The van der Waals surface area contributed by atoms with Gasteiger partial charge in [0.15, 0.2) is 17.3 Å². The molecule has 0 aromatic heterocycles. The lowest BCUT2D eigenvalue weighted by atomic mass is 9.68.